The number of benzene rings is 1. The first-order chi connectivity index (χ1) is 6.90. The van der Waals surface area contributed by atoms with Crippen LogP contribution in [0, 0.1) is 0 Å². The van der Waals surface area contributed by atoms with Gasteiger partial charge in [0.1, 0.15) is 5.75 Å². The van der Waals surface area contributed by atoms with Gasteiger partial charge >= 0.3 is 0 Å². The molecule has 0 atom stereocenters. The summed E-state index contributed by atoms with van der Waals surface area (Å²) >= 11 is 0. The predicted octanol–water partition coefficient (Wildman–Crippen LogP) is 1.74. The van der Waals surface area contributed by atoms with Gasteiger partial charge in [0.05, 0.1) is 7.11 Å². The van der Waals surface area contributed by atoms with Gasteiger partial charge in [-0.05, 0) is 24.3 Å². The fourth-order valence-corrected chi connectivity index (χ4v) is 1.72. The fraction of sp³-hybridized carbons (Fsp3) is 0.500. The van der Waals surface area contributed by atoms with E-state index in [-0.39, 0.29) is 7.43 Å². The van der Waals surface area contributed by atoms with Crippen molar-refractivity contribution in [1.82, 2.24) is 5.32 Å². The standard InChI is InChI=1S/C11H16N2O.CH4/c1-14-11-4-2-10(3-5-11)13-8-6-12-7-9-13;/h2-5,12H,6-9H2,1H3;1H4. The van der Waals surface area contributed by atoms with Crippen LogP contribution in [0.1, 0.15) is 7.43 Å². The number of ether oxygens (including phenoxy) is 1. The molecule has 0 bridgehead atoms. The van der Waals surface area contributed by atoms with E-state index >= 15 is 0 Å². The van der Waals surface area contributed by atoms with E-state index in [1.807, 2.05) is 12.1 Å². The van der Waals surface area contributed by atoms with E-state index in [4.69, 9.17) is 4.74 Å². The Hall–Kier alpha value is -1.22. The van der Waals surface area contributed by atoms with Gasteiger partial charge in [-0.25, -0.2) is 0 Å². The van der Waals surface area contributed by atoms with E-state index < -0.39 is 0 Å². The Balaban J connectivity index is 0.00000112. The van der Waals surface area contributed by atoms with Crippen molar-refractivity contribution in [3.8, 4) is 5.75 Å². The third-order valence-corrected chi connectivity index (χ3v) is 2.55. The van der Waals surface area contributed by atoms with Gasteiger partial charge in [0, 0.05) is 31.9 Å². The summed E-state index contributed by atoms with van der Waals surface area (Å²) in [6.07, 6.45) is 0. The molecule has 0 radical (unpaired) electrons. The van der Waals surface area contributed by atoms with Crippen molar-refractivity contribution in [3.63, 3.8) is 0 Å². The topological polar surface area (TPSA) is 24.5 Å². The van der Waals surface area contributed by atoms with E-state index in [9.17, 15) is 0 Å². The lowest BCUT2D eigenvalue weighted by atomic mass is 10.2. The molecular weight excluding hydrogens is 188 g/mol. The number of nitrogens with zero attached hydrogens (tertiary/aromatic N) is 1. The van der Waals surface area contributed by atoms with Crippen LogP contribution < -0.4 is 15.0 Å². The highest BCUT2D eigenvalue weighted by molar-refractivity contribution is 5.49. The number of rotatable bonds is 2. The van der Waals surface area contributed by atoms with Gasteiger partial charge in [-0.2, -0.15) is 0 Å². The van der Waals surface area contributed by atoms with Gasteiger partial charge in [0.2, 0.25) is 0 Å². The van der Waals surface area contributed by atoms with Crippen LogP contribution in [-0.4, -0.2) is 33.3 Å². The Kier molecular flexibility index (Phi) is 4.43. The van der Waals surface area contributed by atoms with E-state index in [2.05, 4.69) is 22.3 Å². The Morgan fingerprint density at radius 1 is 1.13 bits per heavy atom. The van der Waals surface area contributed by atoms with Gasteiger partial charge in [0.15, 0.2) is 0 Å². The van der Waals surface area contributed by atoms with E-state index in [1.54, 1.807) is 7.11 Å². The smallest absolute Gasteiger partial charge is 0.119 e. The molecule has 1 N–H and O–H groups in total. The van der Waals surface area contributed by atoms with Crippen LogP contribution in [0.2, 0.25) is 0 Å². The van der Waals surface area contributed by atoms with Gasteiger partial charge < -0.3 is 15.0 Å². The first kappa shape index (κ1) is 11.9. The normalized spacial score (nSPS) is 15.7. The van der Waals surface area contributed by atoms with Crippen LogP contribution in [0.3, 0.4) is 0 Å². The molecule has 0 aliphatic carbocycles. The largest absolute Gasteiger partial charge is 0.497 e. The molecular formula is C12H20N2O. The Morgan fingerprint density at radius 3 is 2.27 bits per heavy atom. The first-order valence-corrected chi connectivity index (χ1v) is 5.00. The fourth-order valence-electron chi connectivity index (χ4n) is 1.72. The van der Waals surface area contributed by atoms with Crippen LogP contribution >= 0.6 is 0 Å². The summed E-state index contributed by atoms with van der Waals surface area (Å²) in [5.74, 6) is 0.920. The minimum Gasteiger partial charge on any atom is -0.497 e. The van der Waals surface area contributed by atoms with E-state index in [1.165, 1.54) is 5.69 Å². The summed E-state index contributed by atoms with van der Waals surface area (Å²) in [6, 6.07) is 8.25. The molecule has 1 aromatic carbocycles. The van der Waals surface area contributed by atoms with Crippen LogP contribution in [0.4, 0.5) is 5.69 Å². The third kappa shape index (κ3) is 2.86. The molecule has 3 heteroatoms. The third-order valence-electron chi connectivity index (χ3n) is 2.55. The molecule has 15 heavy (non-hydrogen) atoms. The van der Waals surface area contributed by atoms with Crippen molar-refractivity contribution in [2.45, 2.75) is 7.43 Å². The van der Waals surface area contributed by atoms with Gasteiger partial charge in [-0.15, -0.1) is 0 Å². The summed E-state index contributed by atoms with van der Waals surface area (Å²) in [5, 5.41) is 3.34. The van der Waals surface area contributed by atoms with Crippen LogP contribution in [0.15, 0.2) is 24.3 Å². The summed E-state index contributed by atoms with van der Waals surface area (Å²) in [7, 11) is 1.69. The number of anilines is 1. The second-order valence-corrected chi connectivity index (χ2v) is 3.44. The lowest BCUT2D eigenvalue weighted by Crippen LogP contribution is -2.43. The minimum absolute atomic E-state index is 0. The number of hydrogen-bond donors (Lipinski definition) is 1. The molecule has 1 fully saturated rings. The number of nitrogens with one attached hydrogen (secondary N) is 1. The van der Waals surface area contributed by atoms with Gasteiger partial charge in [0.25, 0.3) is 0 Å². The zero-order valence-electron chi connectivity index (χ0n) is 8.49. The highest BCUT2D eigenvalue weighted by Crippen LogP contribution is 2.19. The van der Waals surface area contributed by atoms with Gasteiger partial charge in [-0.1, -0.05) is 7.43 Å². The number of piperazine rings is 1. The van der Waals surface area contributed by atoms with Crippen molar-refractivity contribution in [2.24, 2.45) is 0 Å². The molecule has 0 spiro atoms. The van der Waals surface area contributed by atoms with E-state index in [0.29, 0.717) is 0 Å². The highest BCUT2D eigenvalue weighted by Gasteiger charge is 2.09. The average molecular weight is 208 g/mol. The summed E-state index contributed by atoms with van der Waals surface area (Å²) in [6.45, 7) is 4.33. The Labute approximate surface area is 92.0 Å². The molecule has 0 unspecified atom stereocenters. The maximum atomic E-state index is 5.13. The second kappa shape index (κ2) is 5.61. The molecule has 3 nitrogen and oxygen atoms in total. The van der Waals surface area contributed by atoms with Crippen molar-refractivity contribution in [2.75, 3.05) is 38.2 Å². The zero-order chi connectivity index (χ0) is 9.80. The van der Waals surface area contributed by atoms with Crippen molar-refractivity contribution < 1.29 is 4.74 Å². The predicted molar refractivity (Wildman–Crippen MR) is 64.8 cm³/mol. The number of hydrogen-bond acceptors (Lipinski definition) is 3. The van der Waals surface area contributed by atoms with Crippen LogP contribution in [0.25, 0.3) is 0 Å². The maximum absolute atomic E-state index is 5.13. The molecule has 1 aliphatic heterocycles. The van der Waals surface area contributed by atoms with Crippen LogP contribution in [-0.2, 0) is 0 Å². The summed E-state index contributed by atoms with van der Waals surface area (Å²) in [5.41, 5.74) is 1.28. The average Bonchev–Trinajstić information content (AvgIpc) is 2.30. The Morgan fingerprint density at radius 2 is 1.73 bits per heavy atom. The molecule has 1 aliphatic rings. The molecule has 2 rings (SSSR count). The molecule has 1 saturated heterocycles. The van der Waals surface area contributed by atoms with E-state index in [0.717, 1.165) is 31.9 Å². The SMILES string of the molecule is C.COc1ccc(N2CCNCC2)cc1. The molecule has 84 valence electrons. The van der Waals surface area contributed by atoms with Crippen molar-refractivity contribution in [3.05, 3.63) is 24.3 Å². The van der Waals surface area contributed by atoms with Crippen molar-refractivity contribution >= 4 is 5.69 Å². The minimum atomic E-state index is 0. The Bertz CT molecular complexity index is 278. The second-order valence-electron chi connectivity index (χ2n) is 3.44. The van der Waals surface area contributed by atoms with Crippen molar-refractivity contribution in [1.29, 1.82) is 0 Å². The number of methoxy groups -OCH3 is 1. The molecule has 1 aromatic rings. The monoisotopic (exact) mass is 208 g/mol. The maximum Gasteiger partial charge on any atom is 0.119 e. The van der Waals surface area contributed by atoms with Crippen LogP contribution in [0.5, 0.6) is 5.75 Å². The molecule has 0 aromatic heterocycles. The molecule has 0 saturated carbocycles. The van der Waals surface area contributed by atoms with Gasteiger partial charge in [-0.3, -0.25) is 0 Å². The first-order valence-electron chi connectivity index (χ1n) is 5.00. The lowest BCUT2D eigenvalue weighted by Gasteiger charge is -2.29. The lowest BCUT2D eigenvalue weighted by molar-refractivity contribution is 0.415. The quantitative estimate of drug-likeness (QED) is 0.801. The highest BCUT2D eigenvalue weighted by atomic mass is 16.5. The summed E-state index contributed by atoms with van der Waals surface area (Å²) < 4.78 is 5.13. The molecule has 1 heterocycles. The molecule has 0 amide bonds. The zero-order valence-corrected chi connectivity index (χ0v) is 8.49. The summed E-state index contributed by atoms with van der Waals surface area (Å²) in [4.78, 5) is 2.38.